The van der Waals surface area contributed by atoms with Crippen LogP contribution < -0.4 is 11.1 Å². The molecule has 0 spiro atoms. The van der Waals surface area contributed by atoms with Gasteiger partial charge in [0.25, 0.3) is 5.91 Å². The summed E-state index contributed by atoms with van der Waals surface area (Å²) in [5.74, 6) is 0.0620. The maximum atomic E-state index is 11.6. The zero-order valence-electron chi connectivity index (χ0n) is 10.7. The van der Waals surface area contributed by atoms with E-state index < -0.39 is 0 Å². The maximum Gasteiger partial charge on any atom is 0.271 e. The zero-order chi connectivity index (χ0) is 13.2. The van der Waals surface area contributed by atoms with Crippen LogP contribution in [0.5, 0.6) is 0 Å². The second-order valence-corrected chi connectivity index (χ2v) is 3.90. The molecule has 0 atom stereocenters. The Labute approximate surface area is 107 Å². The molecule has 0 bridgehead atoms. The lowest BCUT2D eigenvalue weighted by Gasteiger charge is -2.05. The smallest absolute Gasteiger partial charge is 0.271 e. The van der Waals surface area contributed by atoms with Crippen molar-refractivity contribution in [2.75, 3.05) is 25.5 Å². The van der Waals surface area contributed by atoms with Crippen LogP contribution in [0, 0.1) is 0 Å². The molecule has 0 saturated heterocycles. The van der Waals surface area contributed by atoms with E-state index in [0.717, 1.165) is 25.9 Å². The van der Waals surface area contributed by atoms with Crippen LogP contribution in [0.15, 0.2) is 12.4 Å². The van der Waals surface area contributed by atoms with E-state index in [0.29, 0.717) is 19.0 Å². The number of nitrogens with one attached hydrogen (secondary N) is 1. The van der Waals surface area contributed by atoms with Crippen LogP contribution in [0.4, 0.5) is 5.82 Å². The Morgan fingerprint density at radius 3 is 2.78 bits per heavy atom. The number of nitrogens with zero attached hydrogens (tertiary/aromatic N) is 2. The predicted octanol–water partition coefficient (Wildman–Crippen LogP) is 0.995. The molecular weight excluding hydrogens is 232 g/mol. The number of unbranched alkanes of at least 4 members (excludes halogenated alkanes) is 1. The standard InChI is InChI=1S/C12H20N4O2/c1-2-3-6-18-7-4-5-14-12(17)10-8-16-11(13)9-15-10/h8-9H,2-7H2,1H3,(H2,13,16)(H,14,17). The summed E-state index contributed by atoms with van der Waals surface area (Å²) in [6, 6.07) is 0. The summed E-state index contributed by atoms with van der Waals surface area (Å²) in [5.41, 5.74) is 5.66. The fraction of sp³-hybridized carbons (Fsp3) is 0.583. The third kappa shape index (κ3) is 5.58. The van der Waals surface area contributed by atoms with Gasteiger partial charge in [0.2, 0.25) is 0 Å². The second kappa shape index (κ2) is 8.41. The van der Waals surface area contributed by atoms with E-state index in [1.54, 1.807) is 0 Å². The summed E-state index contributed by atoms with van der Waals surface area (Å²) in [7, 11) is 0. The van der Waals surface area contributed by atoms with Crippen LogP contribution in [0.1, 0.15) is 36.7 Å². The van der Waals surface area contributed by atoms with Gasteiger partial charge in [0.05, 0.1) is 12.4 Å². The van der Waals surface area contributed by atoms with Gasteiger partial charge in [-0.25, -0.2) is 9.97 Å². The molecule has 1 aromatic rings. The summed E-state index contributed by atoms with van der Waals surface area (Å²) >= 11 is 0. The molecule has 3 N–H and O–H groups in total. The fourth-order valence-corrected chi connectivity index (χ4v) is 1.27. The van der Waals surface area contributed by atoms with Gasteiger partial charge in [0.1, 0.15) is 11.5 Å². The molecule has 0 unspecified atom stereocenters. The number of ether oxygens (including phenoxy) is 1. The van der Waals surface area contributed by atoms with E-state index in [4.69, 9.17) is 10.5 Å². The molecule has 1 amide bonds. The first-order chi connectivity index (χ1) is 8.74. The summed E-state index contributed by atoms with van der Waals surface area (Å²) in [6.45, 7) is 4.13. The highest BCUT2D eigenvalue weighted by Crippen LogP contribution is 1.96. The number of carbonyl (C=O) groups excluding carboxylic acids is 1. The molecule has 1 aromatic heterocycles. The van der Waals surface area contributed by atoms with Gasteiger partial charge in [0, 0.05) is 19.8 Å². The number of amides is 1. The highest BCUT2D eigenvalue weighted by Gasteiger charge is 2.06. The average molecular weight is 252 g/mol. The zero-order valence-corrected chi connectivity index (χ0v) is 10.7. The first-order valence-electron chi connectivity index (χ1n) is 6.17. The number of aromatic nitrogens is 2. The molecular formula is C12H20N4O2. The van der Waals surface area contributed by atoms with E-state index in [1.807, 2.05) is 0 Å². The lowest BCUT2D eigenvalue weighted by molar-refractivity contribution is 0.0935. The quantitative estimate of drug-likeness (QED) is 0.673. The highest BCUT2D eigenvalue weighted by molar-refractivity contribution is 5.91. The van der Waals surface area contributed by atoms with Gasteiger partial charge >= 0.3 is 0 Å². The van der Waals surface area contributed by atoms with Crippen LogP contribution in [-0.2, 0) is 4.74 Å². The topological polar surface area (TPSA) is 90.1 Å². The Kier molecular flexibility index (Phi) is 6.71. The SMILES string of the molecule is CCCCOCCCNC(=O)c1cnc(N)cn1. The number of nitrogen functional groups attached to an aromatic ring is 1. The van der Waals surface area contributed by atoms with Crippen molar-refractivity contribution >= 4 is 11.7 Å². The largest absolute Gasteiger partial charge is 0.382 e. The van der Waals surface area contributed by atoms with Crippen molar-refractivity contribution in [3.63, 3.8) is 0 Å². The van der Waals surface area contributed by atoms with Crippen molar-refractivity contribution in [3.8, 4) is 0 Å². The van der Waals surface area contributed by atoms with Gasteiger partial charge in [-0.1, -0.05) is 13.3 Å². The summed E-state index contributed by atoms with van der Waals surface area (Å²) in [5, 5.41) is 2.75. The van der Waals surface area contributed by atoms with Gasteiger partial charge in [0.15, 0.2) is 0 Å². The maximum absolute atomic E-state index is 11.6. The lowest BCUT2D eigenvalue weighted by atomic mass is 10.3. The molecule has 18 heavy (non-hydrogen) atoms. The Morgan fingerprint density at radius 2 is 2.11 bits per heavy atom. The van der Waals surface area contributed by atoms with Crippen LogP contribution >= 0.6 is 0 Å². The third-order valence-electron chi connectivity index (χ3n) is 2.30. The molecule has 0 aliphatic heterocycles. The minimum Gasteiger partial charge on any atom is -0.382 e. The van der Waals surface area contributed by atoms with Crippen molar-refractivity contribution in [2.24, 2.45) is 0 Å². The summed E-state index contributed by atoms with van der Waals surface area (Å²) < 4.78 is 5.38. The molecule has 0 aromatic carbocycles. The molecule has 1 rings (SSSR count). The molecule has 0 fully saturated rings. The number of anilines is 1. The van der Waals surface area contributed by atoms with E-state index in [-0.39, 0.29) is 11.6 Å². The van der Waals surface area contributed by atoms with Crippen molar-refractivity contribution in [2.45, 2.75) is 26.2 Å². The van der Waals surface area contributed by atoms with E-state index in [9.17, 15) is 4.79 Å². The summed E-state index contributed by atoms with van der Waals surface area (Å²) in [4.78, 5) is 19.3. The highest BCUT2D eigenvalue weighted by atomic mass is 16.5. The molecule has 1 heterocycles. The van der Waals surface area contributed by atoms with Crippen LogP contribution in [0.2, 0.25) is 0 Å². The van der Waals surface area contributed by atoms with Gasteiger partial charge in [-0.15, -0.1) is 0 Å². The minimum atomic E-state index is -0.240. The monoisotopic (exact) mass is 252 g/mol. The van der Waals surface area contributed by atoms with Crippen molar-refractivity contribution in [1.29, 1.82) is 0 Å². The molecule has 6 heteroatoms. The summed E-state index contributed by atoms with van der Waals surface area (Å²) in [6.07, 6.45) is 5.73. The first-order valence-corrected chi connectivity index (χ1v) is 6.17. The Bertz CT molecular complexity index is 354. The number of carbonyl (C=O) groups is 1. The van der Waals surface area contributed by atoms with Crippen molar-refractivity contribution in [1.82, 2.24) is 15.3 Å². The fourth-order valence-electron chi connectivity index (χ4n) is 1.27. The predicted molar refractivity (Wildman–Crippen MR) is 69.1 cm³/mol. The second-order valence-electron chi connectivity index (χ2n) is 3.90. The van der Waals surface area contributed by atoms with Crippen molar-refractivity contribution < 1.29 is 9.53 Å². The molecule has 0 saturated carbocycles. The van der Waals surface area contributed by atoms with E-state index in [1.165, 1.54) is 12.4 Å². The Balaban J connectivity index is 2.12. The minimum absolute atomic E-state index is 0.240. The van der Waals surface area contributed by atoms with Gasteiger partial charge in [-0.2, -0.15) is 0 Å². The molecule has 6 nitrogen and oxygen atoms in total. The Hall–Kier alpha value is -1.69. The van der Waals surface area contributed by atoms with Crippen LogP contribution in [-0.4, -0.2) is 35.6 Å². The third-order valence-corrected chi connectivity index (χ3v) is 2.30. The van der Waals surface area contributed by atoms with E-state index >= 15 is 0 Å². The molecule has 0 aliphatic rings. The lowest BCUT2D eigenvalue weighted by Crippen LogP contribution is -2.26. The average Bonchev–Trinajstić information content (AvgIpc) is 2.38. The molecule has 0 aliphatic carbocycles. The number of hydrogen-bond donors (Lipinski definition) is 2. The van der Waals surface area contributed by atoms with Crippen LogP contribution in [0.25, 0.3) is 0 Å². The van der Waals surface area contributed by atoms with Gasteiger partial charge < -0.3 is 15.8 Å². The van der Waals surface area contributed by atoms with Gasteiger partial charge in [-0.3, -0.25) is 4.79 Å². The number of nitrogens with two attached hydrogens (primary N) is 1. The molecule has 100 valence electrons. The number of hydrogen-bond acceptors (Lipinski definition) is 5. The normalized spacial score (nSPS) is 10.3. The first kappa shape index (κ1) is 14.4. The molecule has 0 radical (unpaired) electrons. The van der Waals surface area contributed by atoms with E-state index in [2.05, 4.69) is 22.2 Å². The number of rotatable bonds is 8. The Morgan fingerprint density at radius 1 is 1.33 bits per heavy atom. The van der Waals surface area contributed by atoms with Crippen LogP contribution in [0.3, 0.4) is 0 Å². The van der Waals surface area contributed by atoms with Gasteiger partial charge in [-0.05, 0) is 12.8 Å². The van der Waals surface area contributed by atoms with Crippen molar-refractivity contribution in [3.05, 3.63) is 18.1 Å².